The Labute approximate surface area is 566 Å². The first-order chi connectivity index (χ1) is 45.1. The average molecular weight is 1350 g/mol. The number of fused-ring (bicyclic) bond motifs is 1. The number of ether oxygens (including phenoxy) is 4. The zero-order chi connectivity index (χ0) is 70.7. The molecule has 9 rings (SSSR count). The number of hydrogen-bond donors (Lipinski definition) is 5. The normalized spacial score (nSPS) is 15.0. The molecule has 0 unspecified atom stereocenters. The van der Waals surface area contributed by atoms with E-state index >= 15 is 4.39 Å². The van der Waals surface area contributed by atoms with Crippen LogP contribution in [-0.4, -0.2) is 136 Å². The second-order valence-electron chi connectivity index (χ2n) is 27.6. The second kappa shape index (κ2) is 34.3. The number of para-hydroxylation sites is 1. The van der Waals surface area contributed by atoms with Crippen molar-refractivity contribution < 1.29 is 60.5 Å². The van der Waals surface area contributed by atoms with Crippen molar-refractivity contribution in [3.8, 4) is 22.6 Å². The van der Waals surface area contributed by atoms with Gasteiger partial charge in [0.05, 0.1) is 22.6 Å². The van der Waals surface area contributed by atoms with Crippen molar-refractivity contribution in [2.45, 2.75) is 151 Å². The maximum Gasteiger partial charge on any atom is 0.410 e. The van der Waals surface area contributed by atoms with Gasteiger partial charge in [0, 0.05) is 129 Å². The number of likely N-dealkylation sites (tertiary alicyclic amines) is 3. The molecule has 0 spiro atoms. The summed E-state index contributed by atoms with van der Waals surface area (Å²) in [5.41, 5.74) is 7.70. The maximum absolute atomic E-state index is 15.0. The van der Waals surface area contributed by atoms with Crippen LogP contribution < -0.4 is 36.5 Å². The summed E-state index contributed by atoms with van der Waals surface area (Å²) in [6.07, 6.45) is 6.58. The minimum Gasteiger partial charge on any atom is -0.490 e. The lowest BCUT2D eigenvalue weighted by atomic mass is 9.95. The molecule has 3 aliphatic heterocycles. The molecule has 19 nitrogen and oxygen atoms in total. The van der Waals surface area contributed by atoms with Gasteiger partial charge >= 0.3 is 12.2 Å². The van der Waals surface area contributed by atoms with Crippen LogP contribution >= 0.6 is 11.6 Å². The summed E-state index contributed by atoms with van der Waals surface area (Å²) in [6.45, 7) is 29.2. The minimum atomic E-state index is -0.607. The predicted octanol–water partition coefficient (Wildman–Crippen LogP) is 15.7. The van der Waals surface area contributed by atoms with Crippen LogP contribution in [0.2, 0.25) is 0 Å². The number of nitrogens with one attached hydrogen (secondary N) is 4. The Kier molecular flexibility index (Phi) is 27.3. The van der Waals surface area contributed by atoms with Crippen LogP contribution in [0.25, 0.3) is 22.0 Å². The molecule has 1 aromatic heterocycles. The molecule has 0 radical (unpaired) electrons. The zero-order valence-electron chi connectivity index (χ0n) is 57.1. The lowest BCUT2D eigenvalue weighted by Crippen LogP contribution is -2.44. The molecule has 3 fully saturated rings. The van der Waals surface area contributed by atoms with Gasteiger partial charge in [0.2, 0.25) is 23.0 Å². The third kappa shape index (κ3) is 24.8. The van der Waals surface area contributed by atoms with Gasteiger partial charge in [-0.15, -0.1) is 0 Å². The number of nitrogens with zero attached hydrogens (tertiary/aromatic N) is 5. The highest BCUT2D eigenvalue weighted by atomic mass is 35.5. The fourth-order valence-electron chi connectivity index (χ4n) is 9.70. The van der Waals surface area contributed by atoms with Gasteiger partial charge in [0.15, 0.2) is 0 Å². The quantitative estimate of drug-likeness (QED) is 0.0295. The summed E-state index contributed by atoms with van der Waals surface area (Å²) in [4.78, 5) is 72.6. The Morgan fingerprint density at radius 2 is 1.17 bits per heavy atom. The lowest BCUT2D eigenvalue weighted by molar-refractivity contribution is -0.123. The highest BCUT2D eigenvalue weighted by Gasteiger charge is 2.30. The van der Waals surface area contributed by atoms with E-state index in [0.717, 1.165) is 42.4 Å². The van der Waals surface area contributed by atoms with Crippen LogP contribution in [0.3, 0.4) is 0 Å². The molecule has 96 heavy (non-hydrogen) atoms. The van der Waals surface area contributed by atoms with E-state index in [1.807, 2.05) is 84.0 Å². The summed E-state index contributed by atoms with van der Waals surface area (Å²) >= 11 is 5.11. The Hall–Kier alpha value is -8.70. The number of rotatable bonds is 14. The van der Waals surface area contributed by atoms with Gasteiger partial charge in [0.25, 0.3) is 0 Å². The molecular formula is C72H93ClF4N10O9. The minimum absolute atomic E-state index is 0.0401. The zero-order valence-corrected chi connectivity index (χ0v) is 57.9. The van der Waals surface area contributed by atoms with E-state index in [-0.39, 0.29) is 82.6 Å². The smallest absolute Gasteiger partial charge is 0.410 e. The van der Waals surface area contributed by atoms with Crippen molar-refractivity contribution in [2.24, 2.45) is 10.8 Å². The Bertz CT molecular complexity index is 3620. The van der Waals surface area contributed by atoms with Crippen molar-refractivity contribution in [2.75, 3.05) is 79.5 Å². The number of carbonyl (C=O) groups is 5. The summed E-state index contributed by atoms with van der Waals surface area (Å²) in [6, 6.07) is 27.3. The van der Waals surface area contributed by atoms with Crippen LogP contribution in [0.4, 0.5) is 61.5 Å². The largest absolute Gasteiger partial charge is 0.490 e. The monoisotopic (exact) mass is 1350 g/mol. The summed E-state index contributed by atoms with van der Waals surface area (Å²) in [5, 5.41) is 12.3. The number of aromatic nitrogens is 2. The van der Waals surface area contributed by atoms with E-state index in [1.165, 1.54) is 36.4 Å². The molecule has 0 atom stereocenters. The average Bonchev–Trinajstić information content (AvgIpc) is 0.800. The number of nitrogen functional groups attached to an aromatic ring is 1. The Balaban J connectivity index is 0.000000225. The van der Waals surface area contributed by atoms with Gasteiger partial charge in [0.1, 0.15) is 59.0 Å². The van der Waals surface area contributed by atoms with Crippen LogP contribution in [0.1, 0.15) is 122 Å². The van der Waals surface area contributed by atoms with Crippen LogP contribution in [-0.2, 0) is 23.9 Å². The van der Waals surface area contributed by atoms with Crippen LogP contribution in [0, 0.1) is 28.3 Å². The number of amides is 4. The molecule has 4 heterocycles. The van der Waals surface area contributed by atoms with Crippen LogP contribution in [0.15, 0.2) is 116 Å². The SMILES string of the molecule is C=CC(=O)Nc1cccc(-c2cccc3cnc(Nc4ccc(NC5CCN(CCF)CC5)cc4F)nc23)c1.CC(C)(C)C(=O)Cl.CC(C)(C)OC(=O)N1CCC(Oc2ccc(N)c(F)c2)CC1.CC(C)(C)OC(=O)N1CCC(Oc2ccc(NC(=O)C(C)(C)C)c(F)c2)CC1. The Morgan fingerprint density at radius 1 is 0.635 bits per heavy atom. The summed E-state index contributed by atoms with van der Waals surface area (Å²) in [7, 11) is 0. The molecule has 3 aliphatic rings. The fraction of sp³-hybridized carbons (Fsp3) is 0.458. The van der Waals surface area contributed by atoms with E-state index in [9.17, 15) is 37.1 Å². The molecule has 5 aromatic carbocycles. The molecule has 0 saturated carbocycles. The molecular weight excluding hydrogens is 1260 g/mol. The van der Waals surface area contributed by atoms with Gasteiger partial charge < -0.3 is 60.6 Å². The standard InChI is InChI=1S/C30H30F2N6O.C21H31FN2O4.C16H23FN2O3.C5H9ClO/c1-2-28(39)35-23-7-3-5-20(17-23)25-8-4-6-21-19-33-30(37-29(21)25)36-27-10-9-24(18-26(27)32)34-22-11-14-38(15-12-22)16-13-31;1-20(2,3)18(25)23-17-8-7-15(13-16(17)22)27-14-9-11-24(12-10-14)19(26)28-21(4,5)6;1-16(2,3)22-15(20)19-8-6-11(7-9-19)21-12-4-5-14(18)13(17)10-12;1-5(2,3)4(6)7/h2-10,17-19,22,34H,1,11-16H2,(H,35,39)(H,33,36,37);7-8,13-14H,9-12H2,1-6H3,(H,23,25);4-5,10-11H,6-9,18H2,1-3H3;1-3H3. The maximum atomic E-state index is 15.0. The van der Waals surface area contributed by atoms with Crippen molar-refractivity contribution >= 4 is 86.1 Å². The molecule has 24 heteroatoms. The van der Waals surface area contributed by atoms with Crippen LogP contribution in [0.5, 0.6) is 11.5 Å². The van der Waals surface area contributed by atoms with Gasteiger partial charge in [-0.3, -0.25) is 14.4 Å². The molecule has 4 amide bonds. The number of piperidine rings is 3. The van der Waals surface area contributed by atoms with Crippen molar-refractivity contribution in [3.05, 3.63) is 133 Å². The van der Waals surface area contributed by atoms with Crippen molar-refractivity contribution in [1.29, 1.82) is 0 Å². The van der Waals surface area contributed by atoms with Crippen molar-refractivity contribution in [3.63, 3.8) is 0 Å². The highest BCUT2D eigenvalue weighted by Crippen LogP contribution is 2.33. The Morgan fingerprint density at radius 3 is 1.67 bits per heavy atom. The van der Waals surface area contributed by atoms with Crippen molar-refractivity contribution in [1.82, 2.24) is 24.7 Å². The molecule has 0 bridgehead atoms. The van der Waals surface area contributed by atoms with E-state index < -0.39 is 34.1 Å². The molecule has 3 saturated heterocycles. The van der Waals surface area contributed by atoms with E-state index in [2.05, 4.69) is 37.7 Å². The van der Waals surface area contributed by atoms with E-state index in [0.29, 0.717) is 86.8 Å². The highest BCUT2D eigenvalue weighted by molar-refractivity contribution is 6.64. The molecule has 6 N–H and O–H groups in total. The van der Waals surface area contributed by atoms with Gasteiger partial charge in [-0.25, -0.2) is 37.1 Å². The summed E-state index contributed by atoms with van der Waals surface area (Å²) < 4.78 is 77.6. The number of alkyl halides is 1. The van der Waals surface area contributed by atoms with Gasteiger partial charge in [-0.1, -0.05) is 78.5 Å². The molecule has 6 aromatic rings. The topological polar surface area (TPSA) is 232 Å². The first-order valence-electron chi connectivity index (χ1n) is 32.1. The van der Waals surface area contributed by atoms with Gasteiger partial charge in [-0.2, -0.15) is 0 Å². The lowest BCUT2D eigenvalue weighted by Gasteiger charge is -2.33. The first kappa shape index (κ1) is 76.3. The van der Waals surface area contributed by atoms with Gasteiger partial charge in [-0.05, 0) is 132 Å². The first-order valence-corrected chi connectivity index (χ1v) is 32.5. The van der Waals surface area contributed by atoms with E-state index in [1.54, 1.807) is 81.8 Å². The number of hydrogen-bond acceptors (Lipinski definition) is 15. The number of carbonyl (C=O) groups excluding carboxylic acids is 5. The summed E-state index contributed by atoms with van der Waals surface area (Å²) in [5.74, 6) is -0.853. The molecule has 0 aliphatic carbocycles. The number of nitrogens with two attached hydrogens (primary N) is 1. The predicted molar refractivity (Wildman–Crippen MR) is 371 cm³/mol. The number of anilines is 6. The fourth-order valence-corrected chi connectivity index (χ4v) is 9.70. The van der Waals surface area contributed by atoms with E-state index in [4.69, 9.17) is 41.3 Å². The second-order valence-corrected chi connectivity index (χ2v) is 27.9. The number of halogens is 5. The molecule has 520 valence electrons. The number of benzene rings is 5. The third-order valence-corrected chi connectivity index (χ3v) is 15.6. The third-order valence-electron chi connectivity index (χ3n) is 15.0.